The van der Waals surface area contributed by atoms with Gasteiger partial charge in [0.25, 0.3) is 5.91 Å². The van der Waals surface area contributed by atoms with Crippen LogP contribution in [0.25, 0.3) is 0 Å². The zero-order valence-electron chi connectivity index (χ0n) is 15.3. The van der Waals surface area contributed by atoms with E-state index in [1.54, 1.807) is 25.1 Å². The van der Waals surface area contributed by atoms with E-state index in [1.807, 2.05) is 26.0 Å². The minimum atomic E-state index is -0.791. The van der Waals surface area contributed by atoms with Gasteiger partial charge in [0.05, 0.1) is 9.21 Å². The van der Waals surface area contributed by atoms with Crippen LogP contribution in [0, 0.1) is 13.8 Å². The lowest BCUT2D eigenvalue weighted by Crippen LogP contribution is -2.47. The number of ketones is 1. The average molecular weight is 409 g/mol. The van der Waals surface area contributed by atoms with E-state index in [-0.39, 0.29) is 18.6 Å². The Balaban J connectivity index is 1.76. The molecule has 1 aromatic heterocycles. The third kappa shape index (κ3) is 6.08. The molecule has 0 aliphatic rings. The molecule has 8 heteroatoms. The van der Waals surface area contributed by atoms with Crippen LogP contribution >= 0.6 is 22.9 Å². The molecule has 1 aromatic carbocycles. The molecule has 0 radical (unpaired) electrons. The highest BCUT2D eigenvalue weighted by Gasteiger charge is 2.17. The minimum Gasteiger partial charge on any atom is -0.481 e. The fourth-order valence-corrected chi connectivity index (χ4v) is 3.22. The van der Waals surface area contributed by atoms with Crippen molar-refractivity contribution in [2.75, 3.05) is 0 Å². The lowest BCUT2D eigenvalue weighted by molar-refractivity contribution is -0.132. The van der Waals surface area contributed by atoms with E-state index in [0.29, 0.717) is 15.0 Å². The smallest absolute Gasteiger partial charge is 0.279 e. The number of ether oxygens (including phenoxy) is 1. The number of hydrogen-bond acceptors (Lipinski definition) is 5. The van der Waals surface area contributed by atoms with Gasteiger partial charge in [0.15, 0.2) is 11.9 Å². The second-order valence-corrected chi connectivity index (χ2v) is 7.74. The summed E-state index contributed by atoms with van der Waals surface area (Å²) < 4.78 is 6.17. The summed E-state index contributed by atoms with van der Waals surface area (Å²) >= 11 is 6.96. The van der Waals surface area contributed by atoms with E-state index < -0.39 is 17.9 Å². The SMILES string of the molecule is Cc1cccc(OC(C)C(=O)NNC(=O)CCC(=O)c2ccc(Cl)s2)c1C. The number of Topliss-reactive ketones (excluding diaryl/α,β-unsaturated/α-hetero) is 1. The zero-order valence-corrected chi connectivity index (χ0v) is 16.9. The van der Waals surface area contributed by atoms with Crippen molar-refractivity contribution in [1.29, 1.82) is 0 Å². The Morgan fingerprint density at radius 1 is 1.11 bits per heavy atom. The monoisotopic (exact) mass is 408 g/mol. The Hall–Kier alpha value is -2.38. The van der Waals surface area contributed by atoms with Gasteiger partial charge in [0.1, 0.15) is 5.75 Å². The molecule has 1 unspecified atom stereocenters. The van der Waals surface area contributed by atoms with Crippen molar-refractivity contribution in [3.63, 3.8) is 0 Å². The number of benzene rings is 1. The maximum absolute atomic E-state index is 12.1. The molecule has 2 aromatic rings. The molecule has 27 heavy (non-hydrogen) atoms. The fraction of sp³-hybridized carbons (Fsp3) is 0.316. The third-order valence-corrected chi connectivity index (χ3v) is 5.25. The third-order valence-electron chi connectivity index (χ3n) is 3.98. The summed E-state index contributed by atoms with van der Waals surface area (Å²) in [4.78, 5) is 36.3. The van der Waals surface area contributed by atoms with Crippen molar-refractivity contribution in [3.8, 4) is 5.75 Å². The van der Waals surface area contributed by atoms with Crippen LogP contribution in [0.2, 0.25) is 4.34 Å². The molecule has 2 rings (SSSR count). The van der Waals surface area contributed by atoms with E-state index in [9.17, 15) is 14.4 Å². The number of nitrogens with one attached hydrogen (secondary N) is 2. The number of hydrazine groups is 1. The number of carbonyl (C=O) groups excluding carboxylic acids is 3. The van der Waals surface area contributed by atoms with Crippen LogP contribution < -0.4 is 15.6 Å². The van der Waals surface area contributed by atoms with Crippen molar-refractivity contribution < 1.29 is 19.1 Å². The summed E-state index contributed by atoms with van der Waals surface area (Å²) in [5.41, 5.74) is 6.62. The van der Waals surface area contributed by atoms with Crippen LogP contribution in [0.1, 0.15) is 40.6 Å². The van der Waals surface area contributed by atoms with E-state index in [0.717, 1.165) is 11.1 Å². The zero-order chi connectivity index (χ0) is 20.0. The Labute approximate surface area is 166 Å². The van der Waals surface area contributed by atoms with Gasteiger partial charge < -0.3 is 4.74 Å². The lowest BCUT2D eigenvalue weighted by atomic mass is 10.1. The van der Waals surface area contributed by atoms with Gasteiger partial charge in [-0.3, -0.25) is 25.2 Å². The first kappa shape index (κ1) is 20.9. The largest absolute Gasteiger partial charge is 0.481 e. The molecule has 0 aliphatic carbocycles. The molecule has 1 heterocycles. The fourth-order valence-electron chi connectivity index (χ4n) is 2.21. The van der Waals surface area contributed by atoms with Gasteiger partial charge in [-0.1, -0.05) is 23.7 Å². The highest BCUT2D eigenvalue weighted by Crippen LogP contribution is 2.23. The highest BCUT2D eigenvalue weighted by molar-refractivity contribution is 7.18. The summed E-state index contributed by atoms with van der Waals surface area (Å²) in [5, 5.41) is 0. The maximum atomic E-state index is 12.1. The van der Waals surface area contributed by atoms with Gasteiger partial charge in [-0.2, -0.15) is 0 Å². The number of rotatable bonds is 7. The topological polar surface area (TPSA) is 84.5 Å². The van der Waals surface area contributed by atoms with Crippen LogP contribution in [-0.4, -0.2) is 23.7 Å². The second kappa shape index (κ2) is 9.53. The maximum Gasteiger partial charge on any atom is 0.279 e. The molecule has 144 valence electrons. The lowest BCUT2D eigenvalue weighted by Gasteiger charge is -2.17. The Morgan fingerprint density at radius 2 is 1.85 bits per heavy atom. The van der Waals surface area contributed by atoms with Gasteiger partial charge >= 0.3 is 0 Å². The summed E-state index contributed by atoms with van der Waals surface area (Å²) in [5.74, 6) is -0.497. The molecule has 0 bridgehead atoms. The first-order chi connectivity index (χ1) is 12.8. The summed E-state index contributed by atoms with van der Waals surface area (Å²) in [7, 11) is 0. The van der Waals surface area contributed by atoms with Gasteiger partial charge in [-0.25, -0.2) is 0 Å². The molecule has 2 N–H and O–H groups in total. The van der Waals surface area contributed by atoms with Crippen LogP contribution in [0.15, 0.2) is 30.3 Å². The molecular formula is C19H21ClN2O4S. The second-order valence-electron chi connectivity index (χ2n) is 6.02. The van der Waals surface area contributed by atoms with Crippen molar-refractivity contribution in [2.45, 2.75) is 39.7 Å². The van der Waals surface area contributed by atoms with Crippen molar-refractivity contribution >= 4 is 40.5 Å². The number of halogens is 1. The van der Waals surface area contributed by atoms with E-state index in [4.69, 9.17) is 16.3 Å². The average Bonchev–Trinajstić information content (AvgIpc) is 3.07. The first-order valence-corrected chi connectivity index (χ1v) is 9.57. The van der Waals surface area contributed by atoms with Crippen molar-refractivity contribution in [1.82, 2.24) is 10.9 Å². The number of amides is 2. The molecule has 0 saturated carbocycles. The van der Waals surface area contributed by atoms with Crippen LogP contribution in [0.4, 0.5) is 0 Å². The van der Waals surface area contributed by atoms with Crippen molar-refractivity contribution in [2.24, 2.45) is 0 Å². The summed E-state index contributed by atoms with van der Waals surface area (Å²) in [6, 6.07) is 8.85. The Kier molecular flexibility index (Phi) is 7.38. The molecular weight excluding hydrogens is 388 g/mol. The number of thiophene rings is 1. The minimum absolute atomic E-state index is 0.0348. The predicted molar refractivity (Wildman–Crippen MR) is 105 cm³/mol. The normalized spacial score (nSPS) is 11.6. The molecule has 2 amide bonds. The quantitative estimate of drug-likeness (QED) is 0.541. The molecule has 0 fully saturated rings. The molecule has 1 atom stereocenters. The summed E-state index contributed by atoms with van der Waals surface area (Å²) in [6.45, 7) is 5.46. The van der Waals surface area contributed by atoms with Gasteiger partial charge in [0.2, 0.25) is 5.91 Å². The van der Waals surface area contributed by atoms with Crippen LogP contribution in [-0.2, 0) is 9.59 Å². The van der Waals surface area contributed by atoms with Crippen LogP contribution in [0.5, 0.6) is 5.75 Å². The summed E-state index contributed by atoms with van der Waals surface area (Å²) in [6.07, 6.45) is -0.797. The standard InChI is InChI=1S/C19H21ClN2O4S/c1-11-5-4-6-15(12(11)2)26-13(3)19(25)22-21-18(24)10-7-14(23)16-8-9-17(20)27-16/h4-6,8-9,13H,7,10H2,1-3H3,(H,21,24)(H,22,25). The first-order valence-electron chi connectivity index (χ1n) is 8.38. The number of hydrogen-bond donors (Lipinski definition) is 2. The number of aryl methyl sites for hydroxylation is 1. The predicted octanol–water partition coefficient (Wildman–Crippen LogP) is 3.60. The molecule has 6 nitrogen and oxygen atoms in total. The Bertz CT molecular complexity index is 850. The van der Waals surface area contributed by atoms with Crippen LogP contribution in [0.3, 0.4) is 0 Å². The van der Waals surface area contributed by atoms with Gasteiger partial charge in [-0.15, -0.1) is 11.3 Å². The Morgan fingerprint density at radius 3 is 2.52 bits per heavy atom. The molecule has 0 saturated heterocycles. The van der Waals surface area contributed by atoms with Gasteiger partial charge in [-0.05, 0) is 50.1 Å². The van der Waals surface area contributed by atoms with E-state index >= 15 is 0 Å². The molecule has 0 aliphatic heterocycles. The van der Waals surface area contributed by atoms with E-state index in [1.165, 1.54) is 11.3 Å². The molecule has 0 spiro atoms. The van der Waals surface area contributed by atoms with E-state index in [2.05, 4.69) is 10.9 Å². The van der Waals surface area contributed by atoms with Gasteiger partial charge in [0, 0.05) is 12.8 Å². The van der Waals surface area contributed by atoms with Crippen molar-refractivity contribution in [3.05, 3.63) is 50.7 Å². The number of carbonyl (C=O) groups is 3. The highest BCUT2D eigenvalue weighted by atomic mass is 35.5.